The molecular weight excluding hydrogens is 504 g/mol. The Morgan fingerprint density at radius 3 is 2.47 bits per heavy atom. The predicted molar refractivity (Wildman–Crippen MR) is 139 cm³/mol. The maximum absolute atomic E-state index is 13.0. The number of thiazole rings is 1. The number of benzene rings is 2. The summed E-state index contributed by atoms with van der Waals surface area (Å²) in [5.41, 5.74) is 0.330. The van der Waals surface area contributed by atoms with Crippen molar-refractivity contribution < 1.29 is 33.3 Å². The Hall–Kier alpha value is -3.28. The lowest BCUT2D eigenvalue weighted by atomic mass is 10.2. The minimum atomic E-state index is -0.379. The van der Waals surface area contributed by atoms with E-state index in [2.05, 4.69) is 10.3 Å². The van der Waals surface area contributed by atoms with Gasteiger partial charge in [-0.15, -0.1) is 11.8 Å². The van der Waals surface area contributed by atoms with E-state index >= 15 is 0 Å². The number of ether oxygens (including phenoxy) is 5. The van der Waals surface area contributed by atoms with Crippen molar-refractivity contribution in [1.29, 1.82) is 0 Å². The molecule has 1 N–H and O–H groups in total. The van der Waals surface area contributed by atoms with Gasteiger partial charge in [0.05, 0.1) is 36.5 Å². The number of hydrogen-bond acceptors (Lipinski definition) is 10. The van der Waals surface area contributed by atoms with Crippen molar-refractivity contribution in [3.63, 3.8) is 0 Å². The number of hydrogen-bond donors (Lipinski definition) is 1. The lowest BCUT2D eigenvalue weighted by Gasteiger charge is -2.16. The number of carbonyl (C=O) groups is 2. The number of thioether (sulfide) groups is 1. The third-order valence-electron chi connectivity index (χ3n) is 4.52. The number of nitrogens with one attached hydrogen (secondary N) is 1. The molecule has 1 aromatic heterocycles. The minimum Gasteiger partial charge on any atom is -0.497 e. The summed E-state index contributed by atoms with van der Waals surface area (Å²) in [6, 6.07) is 12.1. The van der Waals surface area contributed by atoms with E-state index in [9.17, 15) is 9.59 Å². The summed E-state index contributed by atoms with van der Waals surface area (Å²) < 4.78 is 27.9. The predicted octanol–water partition coefficient (Wildman–Crippen LogP) is 5.27. The van der Waals surface area contributed by atoms with E-state index in [1.54, 1.807) is 69.8 Å². The third-order valence-corrected chi connectivity index (χ3v) is 6.60. The Kier molecular flexibility index (Phi) is 10.4. The maximum Gasteiger partial charge on any atom is 0.316 e. The Morgan fingerprint density at radius 2 is 1.78 bits per heavy atom. The molecule has 0 fully saturated rings. The fraction of sp³-hybridized carbons (Fsp3) is 0.320. The molecule has 192 valence electrons. The van der Waals surface area contributed by atoms with Gasteiger partial charge in [-0.05, 0) is 50.2 Å². The maximum atomic E-state index is 13.0. The number of carbonyl (C=O) groups excluding carboxylic acids is 2. The summed E-state index contributed by atoms with van der Waals surface area (Å²) in [5, 5.41) is 3.20. The van der Waals surface area contributed by atoms with Crippen molar-refractivity contribution in [3.8, 4) is 23.0 Å². The molecule has 1 heterocycles. The molecule has 2 aromatic carbocycles. The van der Waals surface area contributed by atoms with Crippen LogP contribution in [0.15, 0.2) is 52.9 Å². The lowest BCUT2D eigenvalue weighted by molar-refractivity contribution is -0.139. The Morgan fingerprint density at radius 1 is 1.06 bits per heavy atom. The molecule has 3 aromatic rings. The molecule has 3 rings (SSSR count). The van der Waals surface area contributed by atoms with Gasteiger partial charge < -0.3 is 23.7 Å². The standard InChI is InChI=1S/C25H28N2O7S2/c1-5-32-22(28)15-35-23-13-26-25(36-23)27-24(29)17-10-20(33-16(2)14-30-3)12-21(11-17)34-19-8-6-18(31-4)7-9-19/h6-13,16H,5,14-15H2,1-4H3,(H,26,27,29)/t16-/m0/s1. The van der Waals surface area contributed by atoms with Crippen molar-refractivity contribution in [2.24, 2.45) is 0 Å². The van der Waals surface area contributed by atoms with Gasteiger partial charge in [0.2, 0.25) is 0 Å². The Bertz CT molecular complexity index is 1150. The van der Waals surface area contributed by atoms with Crippen LogP contribution in [0.5, 0.6) is 23.0 Å². The fourth-order valence-electron chi connectivity index (χ4n) is 3.00. The van der Waals surface area contributed by atoms with Crippen molar-refractivity contribution in [1.82, 2.24) is 4.98 Å². The van der Waals surface area contributed by atoms with Gasteiger partial charge in [-0.1, -0.05) is 11.3 Å². The van der Waals surface area contributed by atoms with Crippen LogP contribution in [0, 0.1) is 0 Å². The van der Waals surface area contributed by atoms with Gasteiger partial charge in [0.1, 0.15) is 29.1 Å². The number of rotatable bonds is 13. The number of anilines is 1. The van der Waals surface area contributed by atoms with Gasteiger partial charge in [0, 0.05) is 18.7 Å². The Labute approximate surface area is 218 Å². The zero-order valence-electron chi connectivity index (χ0n) is 20.4. The molecule has 0 radical (unpaired) electrons. The van der Waals surface area contributed by atoms with Crippen LogP contribution in [0.3, 0.4) is 0 Å². The average molecular weight is 533 g/mol. The van der Waals surface area contributed by atoms with E-state index in [-0.39, 0.29) is 23.7 Å². The number of methoxy groups -OCH3 is 2. The first-order valence-corrected chi connectivity index (χ1v) is 12.9. The molecule has 0 spiro atoms. The highest BCUT2D eigenvalue weighted by atomic mass is 32.2. The molecule has 0 unspecified atom stereocenters. The summed E-state index contributed by atoms with van der Waals surface area (Å²) in [7, 11) is 3.18. The quantitative estimate of drug-likeness (QED) is 0.233. The van der Waals surface area contributed by atoms with Crippen molar-refractivity contribution >= 4 is 40.1 Å². The van der Waals surface area contributed by atoms with Crippen LogP contribution in [0.4, 0.5) is 5.13 Å². The Balaban J connectivity index is 1.75. The van der Waals surface area contributed by atoms with Crippen molar-refractivity contribution in [3.05, 3.63) is 54.2 Å². The molecule has 0 aliphatic rings. The highest BCUT2D eigenvalue weighted by Crippen LogP contribution is 2.31. The summed E-state index contributed by atoms with van der Waals surface area (Å²) in [5.74, 6) is 1.66. The van der Waals surface area contributed by atoms with Crippen LogP contribution in [-0.2, 0) is 14.3 Å². The summed E-state index contributed by atoms with van der Waals surface area (Å²) in [6.07, 6.45) is 1.37. The van der Waals surface area contributed by atoms with Gasteiger partial charge in [0.15, 0.2) is 5.13 Å². The largest absolute Gasteiger partial charge is 0.497 e. The molecule has 1 amide bonds. The fourth-order valence-corrected chi connectivity index (χ4v) is 4.66. The molecule has 0 aliphatic heterocycles. The minimum absolute atomic E-state index is 0.175. The van der Waals surface area contributed by atoms with E-state index in [1.165, 1.54) is 23.1 Å². The molecule has 0 bridgehead atoms. The van der Waals surface area contributed by atoms with Gasteiger partial charge in [-0.25, -0.2) is 4.98 Å². The van der Waals surface area contributed by atoms with Gasteiger partial charge in [-0.3, -0.25) is 14.9 Å². The van der Waals surface area contributed by atoms with Crippen LogP contribution < -0.4 is 19.5 Å². The summed E-state index contributed by atoms with van der Waals surface area (Å²) in [6.45, 7) is 4.34. The number of esters is 1. The molecule has 1 atom stereocenters. The summed E-state index contributed by atoms with van der Waals surface area (Å²) >= 11 is 2.57. The second kappa shape index (κ2) is 13.7. The van der Waals surface area contributed by atoms with Crippen LogP contribution in [0.1, 0.15) is 24.2 Å². The number of amides is 1. The van der Waals surface area contributed by atoms with Crippen LogP contribution in [-0.4, -0.2) is 56.2 Å². The topological polar surface area (TPSA) is 105 Å². The SMILES string of the molecule is CCOC(=O)CSc1cnc(NC(=O)c2cc(Oc3ccc(OC)cc3)cc(O[C@@H](C)COC)c2)s1. The highest BCUT2D eigenvalue weighted by Gasteiger charge is 2.15. The normalized spacial score (nSPS) is 11.4. The highest BCUT2D eigenvalue weighted by molar-refractivity contribution is 8.01. The molecule has 0 aliphatic carbocycles. The zero-order chi connectivity index (χ0) is 25.9. The first kappa shape index (κ1) is 27.3. The molecule has 9 nitrogen and oxygen atoms in total. The van der Waals surface area contributed by atoms with E-state index in [0.29, 0.717) is 46.9 Å². The molecule has 11 heteroatoms. The second-order valence-corrected chi connectivity index (χ2v) is 9.69. The molecule has 36 heavy (non-hydrogen) atoms. The van der Waals surface area contributed by atoms with Gasteiger partial charge in [-0.2, -0.15) is 0 Å². The van der Waals surface area contributed by atoms with Crippen molar-refractivity contribution in [2.75, 3.05) is 38.5 Å². The monoisotopic (exact) mass is 532 g/mol. The number of nitrogens with zero attached hydrogens (tertiary/aromatic N) is 1. The van der Waals surface area contributed by atoms with E-state index in [4.69, 9.17) is 23.7 Å². The van der Waals surface area contributed by atoms with Gasteiger partial charge >= 0.3 is 5.97 Å². The van der Waals surface area contributed by atoms with Crippen LogP contribution in [0.2, 0.25) is 0 Å². The van der Waals surface area contributed by atoms with Crippen LogP contribution >= 0.6 is 23.1 Å². The van der Waals surface area contributed by atoms with Crippen molar-refractivity contribution in [2.45, 2.75) is 24.2 Å². The van der Waals surface area contributed by atoms with Gasteiger partial charge in [0.25, 0.3) is 5.91 Å². The summed E-state index contributed by atoms with van der Waals surface area (Å²) in [4.78, 5) is 28.8. The lowest BCUT2D eigenvalue weighted by Crippen LogP contribution is -2.18. The van der Waals surface area contributed by atoms with E-state index in [1.807, 2.05) is 6.92 Å². The van der Waals surface area contributed by atoms with Crippen LogP contribution in [0.25, 0.3) is 0 Å². The first-order valence-electron chi connectivity index (χ1n) is 11.1. The molecular formula is C25H28N2O7S2. The zero-order valence-corrected chi connectivity index (χ0v) is 22.1. The van der Waals surface area contributed by atoms with E-state index in [0.717, 1.165) is 4.21 Å². The average Bonchev–Trinajstić information content (AvgIpc) is 3.30. The second-order valence-electron chi connectivity index (χ2n) is 7.39. The molecule has 0 saturated carbocycles. The smallest absolute Gasteiger partial charge is 0.316 e. The first-order chi connectivity index (χ1) is 17.4. The molecule has 0 saturated heterocycles. The van der Waals surface area contributed by atoms with E-state index < -0.39 is 0 Å². The third kappa shape index (κ3) is 8.43. The number of aromatic nitrogens is 1.